The molecule has 0 unspecified atom stereocenters. The molecular formula is C11H14N2O2S. The largest absolute Gasteiger partial charge is 0.511 e. The number of aryl methyl sites for hydroxylation is 1. The molecule has 0 radical (unpaired) electrons. The van der Waals surface area contributed by atoms with E-state index in [0.717, 1.165) is 4.88 Å². The molecule has 0 fully saturated rings. The first-order valence-corrected chi connectivity index (χ1v) is 5.54. The first kappa shape index (κ1) is 12.4. The summed E-state index contributed by atoms with van der Waals surface area (Å²) >= 11 is 1.38. The smallest absolute Gasteiger partial charge is 0.178 e. The van der Waals surface area contributed by atoms with Gasteiger partial charge in [0.1, 0.15) is 11.5 Å². The second-order valence-corrected chi connectivity index (χ2v) is 4.71. The molecule has 0 aliphatic heterocycles. The molecule has 0 spiro atoms. The van der Waals surface area contributed by atoms with Crippen molar-refractivity contribution in [3.63, 3.8) is 0 Å². The second-order valence-electron chi connectivity index (χ2n) is 3.45. The lowest BCUT2D eigenvalue weighted by Gasteiger charge is -2.05. The SMILES string of the molecule is C=C(O)CNc1cc(C)sc1C(=N)C(C)=O. The van der Waals surface area contributed by atoms with Crippen LogP contribution in [0.4, 0.5) is 5.69 Å². The van der Waals surface area contributed by atoms with Gasteiger partial charge in [0.05, 0.1) is 17.1 Å². The fourth-order valence-corrected chi connectivity index (χ4v) is 2.17. The molecule has 0 atom stereocenters. The van der Waals surface area contributed by atoms with Crippen molar-refractivity contribution in [3.8, 4) is 0 Å². The number of hydrogen-bond acceptors (Lipinski definition) is 5. The Kier molecular flexibility index (Phi) is 3.84. The molecule has 1 rings (SSSR count). The first-order chi connectivity index (χ1) is 7.41. The minimum atomic E-state index is -0.271. The van der Waals surface area contributed by atoms with E-state index in [1.165, 1.54) is 18.3 Å². The quantitative estimate of drug-likeness (QED) is 0.545. The van der Waals surface area contributed by atoms with Crippen molar-refractivity contribution in [3.05, 3.63) is 28.2 Å². The van der Waals surface area contributed by atoms with Crippen LogP contribution < -0.4 is 5.32 Å². The van der Waals surface area contributed by atoms with E-state index in [1.807, 2.05) is 13.0 Å². The average molecular weight is 238 g/mol. The van der Waals surface area contributed by atoms with Gasteiger partial charge in [-0.25, -0.2) is 0 Å². The number of Topliss-reactive ketones (excluding diaryl/α,β-unsaturated/α-hetero) is 1. The predicted molar refractivity (Wildman–Crippen MR) is 66.8 cm³/mol. The molecule has 16 heavy (non-hydrogen) atoms. The van der Waals surface area contributed by atoms with E-state index >= 15 is 0 Å². The van der Waals surface area contributed by atoms with Gasteiger partial charge in [-0.2, -0.15) is 0 Å². The molecule has 0 aliphatic carbocycles. The van der Waals surface area contributed by atoms with Gasteiger partial charge in [0, 0.05) is 11.8 Å². The standard InChI is InChI=1S/C11H14N2O2S/c1-6(14)5-13-9-4-7(2)16-11(9)10(12)8(3)15/h4,12-14H,1,5H2,2-3H3. The number of rotatable bonds is 5. The lowest BCUT2D eigenvalue weighted by molar-refractivity contribution is -0.111. The van der Waals surface area contributed by atoms with Crippen LogP contribution in [0.25, 0.3) is 0 Å². The van der Waals surface area contributed by atoms with Crippen LogP contribution >= 0.6 is 11.3 Å². The molecule has 3 N–H and O–H groups in total. The number of nitrogens with one attached hydrogen (secondary N) is 2. The van der Waals surface area contributed by atoms with Gasteiger partial charge in [0.15, 0.2) is 5.78 Å². The number of anilines is 1. The number of hydrogen-bond donors (Lipinski definition) is 3. The summed E-state index contributed by atoms with van der Waals surface area (Å²) in [6.07, 6.45) is 0. The van der Waals surface area contributed by atoms with Crippen LogP contribution in [0.1, 0.15) is 16.7 Å². The maximum absolute atomic E-state index is 11.1. The lowest BCUT2D eigenvalue weighted by atomic mass is 10.2. The minimum Gasteiger partial charge on any atom is -0.511 e. The highest BCUT2D eigenvalue weighted by Gasteiger charge is 2.15. The second kappa shape index (κ2) is 4.94. The van der Waals surface area contributed by atoms with Crippen LogP contribution in [-0.4, -0.2) is 23.1 Å². The summed E-state index contributed by atoms with van der Waals surface area (Å²) in [6.45, 7) is 6.85. The highest BCUT2D eigenvalue weighted by atomic mass is 32.1. The molecule has 0 saturated carbocycles. The Hall–Kier alpha value is -1.62. The zero-order valence-electron chi connectivity index (χ0n) is 9.26. The van der Waals surface area contributed by atoms with Gasteiger partial charge in [-0.15, -0.1) is 11.3 Å². The number of ketones is 1. The lowest BCUT2D eigenvalue weighted by Crippen LogP contribution is -2.12. The average Bonchev–Trinajstić information content (AvgIpc) is 2.55. The molecule has 1 aromatic heterocycles. The van der Waals surface area contributed by atoms with Gasteiger partial charge < -0.3 is 10.4 Å². The van der Waals surface area contributed by atoms with E-state index in [4.69, 9.17) is 10.5 Å². The highest BCUT2D eigenvalue weighted by Crippen LogP contribution is 2.27. The van der Waals surface area contributed by atoms with Crippen LogP contribution in [-0.2, 0) is 4.79 Å². The summed E-state index contributed by atoms with van der Waals surface area (Å²) in [7, 11) is 0. The van der Waals surface area contributed by atoms with E-state index in [-0.39, 0.29) is 23.8 Å². The minimum absolute atomic E-state index is 0.0100. The third-order valence-electron chi connectivity index (χ3n) is 1.92. The summed E-state index contributed by atoms with van der Waals surface area (Å²) in [4.78, 5) is 12.7. The van der Waals surface area contributed by atoms with Crippen molar-refractivity contribution in [2.75, 3.05) is 11.9 Å². The van der Waals surface area contributed by atoms with Gasteiger partial charge >= 0.3 is 0 Å². The molecule has 86 valence electrons. The summed E-state index contributed by atoms with van der Waals surface area (Å²) in [5.41, 5.74) is 0.682. The van der Waals surface area contributed by atoms with Crippen molar-refractivity contribution in [2.24, 2.45) is 0 Å². The van der Waals surface area contributed by atoms with E-state index in [1.54, 1.807) is 0 Å². The van der Waals surface area contributed by atoms with Crippen molar-refractivity contribution in [1.82, 2.24) is 0 Å². The number of carbonyl (C=O) groups excluding carboxylic acids is 1. The zero-order chi connectivity index (χ0) is 12.3. The fraction of sp³-hybridized carbons (Fsp3) is 0.273. The summed E-state index contributed by atoms with van der Waals surface area (Å²) in [6, 6.07) is 1.85. The Balaban J connectivity index is 2.95. The van der Waals surface area contributed by atoms with Crippen LogP contribution in [0.2, 0.25) is 0 Å². The van der Waals surface area contributed by atoms with Crippen molar-refractivity contribution in [2.45, 2.75) is 13.8 Å². The third kappa shape index (κ3) is 2.93. The molecule has 0 bridgehead atoms. The van der Waals surface area contributed by atoms with E-state index < -0.39 is 0 Å². The highest BCUT2D eigenvalue weighted by molar-refractivity contribution is 7.15. The number of thiophene rings is 1. The van der Waals surface area contributed by atoms with Crippen molar-refractivity contribution >= 4 is 28.5 Å². The topological polar surface area (TPSA) is 73.2 Å². The molecule has 0 amide bonds. The van der Waals surface area contributed by atoms with E-state index in [2.05, 4.69) is 11.9 Å². The molecule has 0 saturated heterocycles. The Labute approximate surface area is 98.1 Å². The molecule has 0 aliphatic rings. The molecule has 0 aromatic carbocycles. The van der Waals surface area contributed by atoms with Crippen molar-refractivity contribution in [1.29, 1.82) is 5.41 Å². The number of aliphatic hydroxyl groups is 1. The summed E-state index contributed by atoms with van der Waals surface area (Å²) in [5.74, 6) is -0.253. The Morgan fingerprint density at radius 1 is 1.69 bits per heavy atom. The van der Waals surface area contributed by atoms with Gasteiger partial charge in [-0.3, -0.25) is 10.2 Å². The van der Waals surface area contributed by atoms with Crippen molar-refractivity contribution < 1.29 is 9.90 Å². The molecule has 4 nitrogen and oxygen atoms in total. The Morgan fingerprint density at radius 3 is 2.81 bits per heavy atom. The number of aliphatic hydroxyl groups excluding tert-OH is 1. The molecular weight excluding hydrogens is 224 g/mol. The predicted octanol–water partition coefficient (Wildman–Crippen LogP) is 2.50. The molecule has 1 heterocycles. The van der Waals surface area contributed by atoms with Gasteiger partial charge in [0.25, 0.3) is 0 Å². The molecule has 5 heteroatoms. The maximum Gasteiger partial charge on any atom is 0.178 e. The van der Waals surface area contributed by atoms with Gasteiger partial charge in [-0.1, -0.05) is 6.58 Å². The Bertz CT molecular complexity index is 449. The third-order valence-corrected chi connectivity index (χ3v) is 2.99. The Morgan fingerprint density at radius 2 is 2.31 bits per heavy atom. The van der Waals surface area contributed by atoms with Gasteiger partial charge in [0.2, 0.25) is 0 Å². The van der Waals surface area contributed by atoms with Gasteiger partial charge in [-0.05, 0) is 13.0 Å². The number of carbonyl (C=O) groups is 1. The first-order valence-electron chi connectivity index (χ1n) is 4.72. The van der Waals surface area contributed by atoms with Crippen LogP contribution in [0.15, 0.2) is 18.4 Å². The monoisotopic (exact) mass is 238 g/mol. The van der Waals surface area contributed by atoms with E-state index in [0.29, 0.717) is 10.6 Å². The van der Waals surface area contributed by atoms with Crippen LogP contribution in [0, 0.1) is 12.3 Å². The normalized spacial score (nSPS) is 9.88. The summed E-state index contributed by atoms with van der Waals surface area (Å²) < 4.78 is 0. The molecule has 1 aromatic rings. The van der Waals surface area contributed by atoms with E-state index in [9.17, 15) is 4.79 Å². The van der Waals surface area contributed by atoms with Crippen LogP contribution in [0.5, 0.6) is 0 Å². The van der Waals surface area contributed by atoms with Crippen LogP contribution in [0.3, 0.4) is 0 Å². The fourth-order valence-electron chi connectivity index (χ4n) is 1.19. The summed E-state index contributed by atoms with van der Waals surface area (Å²) in [5, 5.41) is 19.6. The maximum atomic E-state index is 11.1. The zero-order valence-corrected chi connectivity index (χ0v) is 10.1.